The summed E-state index contributed by atoms with van der Waals surface area (Å²) in [5.74, 6) is 0.241. The van der Waals surface area contributed by atoms with Crippen LogP contribution < -0.4 is 20.1 Å². The van der Waals surface area contributed by atoms with Crippen LogP contribution in [-0.4, -0.2) is 49.4 Å². The highest BCUT2D eigenvalue weighted by Gasteiger charge is 2.38. The van der Waals surface area contributed by atoms with Gasteiger partial charge in [-0.1, -0.05) is 0 Å². The maximum Gasteiger partial charge on any atom is 0.256 e. The van der Waals surface area contributed by atoms with Crippen LogP contribution in [0.5, 0.6) is 11.5 Å². The minimum Gasteiger partial charge on any atom is -0.497 e. The Labute approximate surface area is 167 Å². The molecule has 0 aliphatic carbocycles. The zero-order valence-corrected chi connectivity index (χ0v) is 16.2. The summed E-state index contributed by atoms with van der Waals surface area (Å²) in [4.78, 5) is 39.6. The van der Waals surface area contributed by atoms with E-state index >= 15 is 0 Å². The maximum absolute atomic E-state index is 12.9. The number of rotatable bonds is 4. The molecule has 2 N–H and O–H groups in total. The fourth-order valence-corrected chi connectivity index (χ4v) is 3.70. The number of methoxy groups -OCH3 is 2. The molecule has 8 nitrogen and oxygen atoms in total. The molecule has 0 spiro atoms. The van der Waals surface area contributed by atoms with Crippen LogP contribution in [0.15, 0.2) is 36.4 Å². The van der Waals surface area contributed by atoms with E-state index in [-0.39, 0.29) is 17.7 Å². The van der Waals surface area contributed by atoms with E-state index in [1.807, 2.05) is 0 Å². The average molecular weight is 395 g/mol. The van der Waals surface area contributed by atoms with E-state index in [0.29, 0.717) is 47.0 Å². The Morgan fingerprint density at radius 2 is 1.83 bits per heavy atom. The van der Waals surface area contributed by atoms with Gasteiger partial charge >= 0.3 is 0 Å². The van der Waals surface area contributed by atoms with Crippen molar-refractivity contribution in [3.8, 4) is 11.5 Å². The molecule has 8 heteroatoms. The monoisotopic (exact) mass is 395 g/mol. The number of benzene rings is 2. The summed E-state index contributed by atoms with van der Waals surface area (Å²) in [6.45, 7) is 0.552. The zero-order valence-electron chi connectivity index (χ0n) is 16.2. The van der Waals surface area contributed by atoms with Crippen LogP contribution in [0.3, 0.4) is 0 Å². The molecule has 3 amide bonds. The fraction of sp³-hybridized carbons (Fsp3) is 0.286. The molecular formula is C21H21N3O5. The van der Waals surface area contributed by atoms with Gasteiger partial charge in [0, 0.05) is 23.9 Å². The van der Waals surface area contributed by atoms with Crippen LogP contribution in [0.4, 0.5) is 11.4 Å². The third-order valence-corrected chi connectivity index (χ3v) is 5.20. The molecule has 0 radical (unpaired) electrons. The fourth-order valence-electron chi connectivity index (χ4n) is 3.70. The first kappa shape index (κ1) is 18.8. The van der Waals surface area contributed by atoms with E-state index in [2.05, 4.69) is 10.6 Å². The van der Waals surface area contributed by atoms with Crippen LogP contribution in [0.2, 0.25) is 0 Å². The Morgan fingerprint density at radius 1 is 1.10 bits per heavy atom. The molecule has 0 saturated carbocycles. The summed E-state index contributed by atoms with van der Waals surface area (Å²) >= 11 is 0. The predicted octanol–water partition coefficient (Wildman–Crippen LogP) is 2.51. The molecule has 150 valence electrons. The Balaban J connectivity index is 1.62. The van der Waals surface area contributed by atoms with Crippen molar-refractivity contribution in [2.24, 2.45) is 0 Å². The molecule has 2 aromatic carbocycles. The lowest BCUT2D eigenvalue weighted by molar-refractivity contribution is -0.119. The smallest absolute Gasteiger partial charge is 0.256 e. The molecule has 0 aromatic heterocycles. The van der Waals surface area contributed by atoms with Crippen molar-refractivity contribution in [3.63, 3.8) is 0 Å². The number of anilines is 2. The van der Waals surface area contributed by atoms with Crippen molar-refractivity contribution in [3.05, 3.63) is 47.5 Å². The molecule has 2 aliphatic heterocycles. The van der Waals surface area contributed by atoms with Crippen LogP contribution in [0, 0.1) is 0 Å². The van der Waals surface area contributed by atoms with Gasteiger partial charge in [-0.25, -0.2) is 0 Å². The van der Waals surface area contributed by atoms with Crippen molar-refractivity contribution in [1.82, 2.24) is 4.90 Å². The van der Waals surface area contributed by atoms with Gasteiger partial charge in [-0.2, -0.15) is 0 Å². The molecule has 1 saturated heterocycles. The first-order valence-electron chi connectivity index (χ1n) is 9.30. The molecular weight excluding hydrogens is 374 g/mol. The van der Waals surface area contributed by atoms with E-state index < -0.39 is 6.04 Å². The standard InChI is InChI=1S/C21H21N3O5/c1-28-14-8-12(9-15(11-14)29-2)19(25)22-13-5-6-17-16(10-13)21(27)24-7-3-4-18(24)20(26)23-17/h5-6,8-11,18H,3-4,7H2,1-2H3,(H,22,25)(H,23,26)/t18-/m0/s1. The average Bonchev–Trinajstić information content (AvgIpc) is 3.20. The normalized spacial score (nSPS) is 17.7. The molecule has 2 aliphatic rings. The van der Waals surface area contributed by atoms with Crippen LogP contribution in [0.25, 0.3) is 0 Å². The van der Waals surface area contributed by atoms with Crippen LogP contribution >= 0.6 is 0 Å². The van der Waals surface area contributed by atoms with Gasteiger partial charge in [0.2, 0.25) is 5.91 Å². The van der Waals surface area contributed by atoms with Gasteiger partial charge in [-0.15, -0.1) is 0 Å². The summed E-state index contributed by atoms with van der Waals surface area (Å²) < 4.78 is 10.4. The number of fused-ring (bicyclic) bond motifs is 2. The van der Waals surface area contributed by atoms with Gasteiger partial charge in [0.1, 0.15) is 17.5 Å². The lowest BCUT2D eigenvalue weighted by atomic mass is 10.1. The molecule has 0 unspecified atom stereocenters. The predicted molar refractivity (Wildman–Crippen MR) is 107 cm³/mol. The largest absolute Gasteiger partial charge is 0.497 e. The van der Waals surface area contributed by atoms with E-state index in [1.54, 1.807) is 41.3 Å². The molecule has 1 fully saturated rings. The maximum atomic E-state index is 12.9. The van der Waals surface area contributed by atoms with E-state index in [4.69, 9.17) is 9.47 Å². The van der Waals surface area contributed by atoms with Crippen LogP contribution in [-0.2, 0) is 4.79 Å². The lowest BCUT2D eigenvalue weighted by Crippen LogP contribution is -2.40. The molecule has 2 heterocycles. The lowest BCUT2D eigenvalue weighted by Gasteiger charge is -2.20. The summed E-state index contributed by atoms with van der Waals surface area (Å²) in [5, 5.41) is 5.61. The van der Waals surface area contributed by atoms with Gasteiger partial charge in [0.15, 0.2) is 0 Å². The second kappa shape index (κ2) is 7.46. The van der Waals surface area contributed by atoms with E-state index in [0.717, 1.165) is 6.42 Å². The summed E-state index contributed by atoms with van der Waals surface area (Å²) in [6.07, 6.45) is 1.46. The van der Waals surface area contributed by atoms with Crippen molar-refractivity contribution < 1.29 is 23.9 Å². The first-order valence-corrected chi connectivity index (χ1v) is 9.30. The number of hydrogen-bond acceptors (Lipinski definition) is 5. The molecule has 2 aromatic rings. The number of ether oxygens (including phenoxy) is 2. The number of nitrogens with one attached hydrogen (secondary N) is 2. The third kappa shape index (κ3) is 3.49. The van der Waals surface area contributed by atoms with Gasteiger partial charge in [-0.3, -0.25) is 14.4 Å². The van der Waals surface area contributed by atoms with Crippen molar-refractivity contribution in [2.45, 2.75) is 18.9 Å². The van der Waals surface area contributed by atoms with Gasteiger partial charge < -0.3 is 25.0 Å². The highest BCUT2D eigenvalue weighted by molar-refractivity contribution is 6.11. The van der Waals surface area contributed by atoms with Gasteiger partial charge in [0.05, 0.1) is 25.5 Å². The molecule has 29 heavy (non-hydrogen) atoms. The van der Waals surface area contributed by atoms with Gasteiger partial charge in [0.25, 0.3) is 11.8 Å². The Hall–Kier alpha value is -3.55. The third-order valence-electron chi connectivity index (χ3n) is 5.20. The van der Waals surface area contributed by atoms with Crippen molar-refractivity contribution in [2.75, 3.05) is 31.4 Å². The topological polar surface area (TPSA) is 97.0 Å². The summed E-state index contributed by atoms with van der Waals surface area (Å²) in [5.41, 5.74) is 1.63. The quantitative estimate of drug-likeness (QED) is 0.829. The number of carbonyl (C=O) groups is 3. The number of nitrogens with zero attached hydrogens (tertiary/aromatic N) is 1. The van der Waals surface area contributed by atoms with Crippen molar-refractivity contribution in [1.29, 1.82) is 0 Å². The summed E-state index contributed by atoms with van der Waals surface area (Å²) in [6, 6.07) is 9.31. The second-order valence-electron chi connectivity index (χ2n) is 6.96. The van der Waals surface area contributed by atoms with E-state index in [9.17, 15) is 14.4 Å². The van der Waals surface area contributed by atoms with E-state index in [1.165, 1.54) is 14.2 Å². The Bertz CT molecular complexity index is 982. The highest BCUT2D eigenvalue weighted by atomic mass is 16.5. The minimum absolute atomic E-state index is 0.171. The Kier molecular flexibility index (Phi) is 4.84. The highest BCUT2D eigenvalue weighted by Crippen LogP contribution is 2.31. The zero-order chi connectivity index (χ0) is 20.5. The molecule has 0 bridgehead atoms. The SMILES string of the molecule is COc1cc(OC)cc(C(=O)Nc2ccc3c(c2)C(=O)N2CCC[C@H]2C(=O)N3)c1. The number of amides is 3. The molecule has 1 atom stereocenters. The Morgan fingerprint density at radius 3 is 2.52 bits per heavy atom. The number of carbonyl (C=O) groups excluding carboxylic acids is 3. The summed E-state index contributed by atoms with van der Waals surface area (Å²) in [7, 11) is 3.02. The molecule has 4 rings (SSSR count). The number of hydrogen-bond donors (Lipinski definition) is 2. The van der Waals surface area contributed by atoms with Gasteiger partial charge in [-0.05, 0) is 43.2 Å². The minimum atomic E-state index is -0.433. The first-order chi connectivity index (χ1) is 14.0. The van der Waals surface area contributed by atoms with Crippen LogP contribution in [0.1, 0.15) is 33.6 Å². The van der Waals surface area contributed by atoms with Crippen molar-refractivity contribution >= 4 is 29.1 Å². The second-order valence-corrected chi connectivity index (χ2v) is 6.96.